The highest BCUT2D eigenvalue weighted by atomic mass is 15.2. The SMILES string of the molecule is CC1CN(C2CCCCCC2)CC2(CC2)CN1. The Morgan fingerprint density at radius 3 is 2.41 bits per heavy atom. The highest BCUT2D eigenvalue weighted by molar-refractivity contribution is 5.01. The molecule has 0 aromatic carbocycles. The Labute approximate surface area is 106 Å². The van der Waals surface area contributed by atoms with E-state index in [4.69, 9.17) is 0 Å². The zero-order valence-corrected chi connectivity index (χ0v) is 11.4. The van der Waals surface area contributed by atoms with E-state index >= 15 is 0 Å². The largest absolute Gasteiger partial charge is 0.312 e. The van der Waals surface area contributed by atoms with Gasteiger partial charge in [0.25, 0.3) is 0 Å². The van der Waals surface area contributed by atoms with Crippen LogP contribution in [0.3, 0.4) is 0 Å². The first-order valence-corrected chi connectivity index (χ1v) is 7.75. The van der Waals surface area contributed by atoms with Crippen molar-refractivity contribution in [2.75, 3.05) is 19.6 Å². The second-order valence-corrected chi connectivity index (χ2v) is 6.86. The molecule has 2 aliphatic carbocycles. The molecule has 3 fully saturated rings. The van der Waals surface area contributed by atoms with E-state index in [1.807, 2.05) is 0 Å². The van der Waals surface area contributed by atoms with Gasteiger partial charge in [-0.1, -0.05) is 25.7 Å². The lowest BCUT2D eigenvalue weighted by Gasteiger charge is -2.32. The molecule has 1 atom stereocenters. The van der Waals surface area contributed by atoms with Crippen molar-refractivity contribution in [3.8, 4) is 0 Å². The number of hydrogen-bond acceptors (Lipinski definition) is 2. The van der Waals surface area contributed by atoms with Gasteiger partial charge in [-0.2, -0.15) is 0 Å². The summed E-state index contributed by atoms with van der Waals surface area (Å²) >= 11 is 0. The molecule has 2 nitrogen and oxygen atoms in total. The maximum Gasteiger partial charge on any atom is 0.0167 e. The number of hydrogen-bond donors (Lipinski definition) is 1. The Hall–Kier alpha value is -0.0800. The minimum atomic E-state index is 0.678. The van der Waals surface area contributed by atoms with Gasteiger partial charge < -0.3 is 5.32 Å². The molecule has 17 heavy (non-hydrogen) atoms. The topological polar surface area (TPSA) is 15.3 Å². The van der Waals surface area contributed by atoms with Crippen LogP contribution in [0.15, 0.2) is 0 Å². The molecule has 3 rings (SSSR count). The summed E-state index contributed by atoms with van der Waals surface area (Å²) in [5.74, 6) is 0. The van der Waals surface area contributed by atoms with E-state index in [-0.39, 0.29) is 0 Å². The van der Waals surface area contributed by atoms with E-state index in [1.165, 1.54) is 71.0 Å². The average Bonchev–Trinajstić information content (AvgIpc) is 3.11. The average molecular weight is 236 g/mol. The van der Waals surface area contributed by atoms with Crippen LogP contribution < -0.4 is 5.32 Å². The lowest BCUT2D eigenvalue weighted by atomic mass is 10.0. The molecule has 98 valence electrons. The van der Waals surface area contributed by atoms with E-state index in [1.54, 1.807) is 0 Å². The molecule has 0 bridgehead atoms. The van der Waals surface area contributed by atoms with Gasteiger partial charge in [0.15, 0.2) is 0 Å². The van der Waals surface area contributed by atoms with E-state index in [0.29, 0.717) is 11.5 Å². The van der Waals surface area contributed by atoms with Crippen molar-refractivity contribution in [2.24, 2.45) is 5.41 Å². The summed E-state index contributed by atoms with van der Waals surface area (Å²) in [6, 6.07) is 1.59. The summed E-state index contributed by atoms with van der Waals surface area (Å²) in [5, 5.41) is 3.74. The fourth-order valence-corrected chi connectivity index (χ4v) is 3.77. The van der Waals surface area contributed by atoms with Gasteiger partial charge in [-0.25, -0.2) is 0 Å². The summed E-state index contributed by atoms with van der Waals surface area (Å²) in [4.78, 5) is 2.85. The number of nitrogens with zero attached hydrogens (tertiary/aromatic N) is 1. The third-order valence-corrected chi connectivity index (χ3v) is 5.17. The molecule has 0 radical (unpaired) electrons. The van der Waals surface area contributed by atoms with Crippen LogP contribution >= 0.6 is 0 Å². The number of nitrogens with one attached hydrogen (secondary N) is 1. The Morgan fingerprint density at radius 2 is 1.76 bits per heavy atom. The van der Waals surface area contributed by atoms with Crippen LogP contribution in [0.4, 0.5) is 0 Å². The van der Waals surface area contributed by atoms with Crippen LogP contribution in [0, 0.1) is 5.41 Å². The normalized spacial score (nSPS) is 35.5. The molecule has 1 unspecified atom stereocenters. The molecule has 2 heteroatoms. The van der Waals surface area contributed by atoms with Crippen LogP contribution in [0.5, 0.6) is 0 Å². The van der Waals surface area contributed by atoms with Crippen LogP contribution in [0.25, 0.3) is 0 Å². The zero-order chi connectivity index (χ0) is 11.7. The van der Waals surface area contributed by atoms with Gasteiger partial charge in [-0.05, 0) is 38.0 Å². The fraction of sp³-hybridized carbons (Fsp3) is 1.00. The van der Waals surface area contributed by atoms with Crippen molar-refractivity contribution in [1.29, 1.82) is 0 Å². The van der Waals surface area contributed by atoms with Gasteiger partial charge in [0.05, 0.1) is 0 Å². The summed E-state index contributed by atoms with van der Waals surface area (Å²) in [7, 11) is 0. The molecule has 0 aromatic heterocycles. The summed E-state index contributed by atoms with van der Waals surface area (Å²) < 4.78 is 0. The summed E-state index contributed by atoms with van der Waals surface area (Å²) in [6.45, 7) is 6.31. The summed E-state index contributed by atoms with van der Waals surface area (Å²) in [6.07, 6.45) is 11.7. The monoisotopic (exact) mass is 236 g/mol. The molecule has 0 aromatic rings. The van der Waals surface area contributed by atoms with Crippen molar-refractivity contribution >= 4 is 0 Å². The van der Waals surface area contributed by atoms with E-state index < -0.39 is 0 Å². The number of rotatable bonds is 1. The second-order valence-electron chi connectivity index (χ2n) is 6.86. The van der Waals surface area contributed by atoms with Crippen LogP contribution in [0.1, 0.15) is 58.3 Å². The minimum Gasteiger partial charge on any atom is -0.312 e. The summed E-state index contributed by atoms with van der Waals surface area (Å²) in [5.41, 5.74) is 0.678. The smallest absolute Gasteiger partial charge is 0.0167 e. The van der Waals surface area contributed by atoms with Gasteiger partial charge in [-0.15, -0.1) is 0 Å². The van der Waals surface area contributed by atoms with E-state index in [2.05, 4.69) is 17.1 Å². The Bertz CT molecular complexity index is 252. The third kappa shape index (κ3) is 2.85. The van der Waals surface area contributed by atoms with Gasteiger partial charge >= 0.3 is 0 Å². The molecule has 2 saturated carbocycles. The minimum absolute atomic E-state index is 0.678. The van der Waals surface area contributed by atoms with Crippen molar-refractivity contribution in [2.45, 2.75) is 70.4 Å². The van der Waals surface area contributed by atoms with Gasteiger partial charge in [0.1, 0.15) is 0 Å². The van der Waals surface area contributed by atoms with Gasteiger partial charge in [0.2, 0.25) is 0 Å². The van der Waals surface area contributed by atoms with E-state index in [9.17, 15) is 0 Å². The maximum atomic E-state index is 3.74. The Morgan fingerprint density at radius 1 is 1.06 bits per heavy atom. The fourth-order valence-electron chi connectivity index (χ4n) is 3.77. The highest BCUT2D eigenvalue weighted by Gasteiger charge is 2.46. The first-order chi connectivity index (χ1) is 8.27. The Kier molecular flexibility index (Phi) is 3.45. The molecule has 1 heterocycles. The van der Waals surface area contributed by atoms with Crippen LogP contribution in [-0.4, -0.2) is 36.6 Å². The van der Waals surface area contributed by atoms with Gasteiger partial charge in [0, 0.05) is 31.7 Å². The van der Waals surface area contributed by atoms with Gasteiger partial charge in [-0.3, -0.25) is 4.90 Å². The van der Waals surface area contributed by atoms with Crippen molar-refractivity contribution in [3.05, 3.63) is 0 Å². The third-order valence-electron chi connectivity index (χ3n) is 5.17. The first kappa shape index (κ1) is 12.0. The molecule has 1 aliphatic heterocycles. The van der Waals surface area contributed by atoms with Crippen molar-refractivity contribution in [3.63, 3.8) is 0 Å². The molecule has 1 spiro atoms. The Balaban J connectivity index is 1.66. The lowest BCUT2D eigenvalue weighted by Crippen LogP contribution is -2.42. The molecule has 0 amide bonds. The van der Waals surface area contributed by atoms with Crippen LogP contribution in [0.2, 0.25) is 0 Å². The molecule has 3 aliphatic rings. The quantitative estimate of drug-likeness (QED) is 0.704. The maximum absolute atomic E-state index is 3.74. The molecule has 1 saturated heterocycles. The zero-order valence-electron chi connectivity index (χ0n) is 11.4. The van der Waals surface area contributed by atoms with Crippen molar-refractivity contribution in [1.82, 2.24) is 10.2 Å². The highest BCUT2D eigenvalue weighted by Crippen LogP contribution is 2.47. The molecular weight excluding hydrogens is 208 g/mol. The first-order valence-electron chi connectivity index (χ1n) is 7.75. The van der Waals surface area contributed by atoms with Crippen molar-refractivity contribution < 1.29 is 0 Å². The molecular formula is C15H28N2. The predicted molar refractivity (Wildman–Crippen MR) is 72.2 cm³/mol. The van der Waals surface area contributed by atoms with Crippen LogP contribution in [-0.2, 0) is 0 Å². The van der Waals surface area contributed by atoms with E-state index in [0.717, 1.165) is 6.04 Å². The lowest BCUT2D eigenvalue weighted by molar-refractivity contribution is 0.155. The predicted octanol–water partition coefficient (Wildman–Crippen LogP) is 2.78. The standard InChI is InChI=1S/C15H28N2/c1-13-10-17(12-15(8-9-15)11-16-13)14-6-4-2-3-5-7-14/h13-14,16H,2-12H2,1H3. The molecule has 1 N–H and O–H groups in total. The second kappa shape index (κ2) is 4.89.